The molecule has 0 amide bonds. The summed E-state index contributed by atoms with van der Waals surface area (Å²) >= 11 is 6.30. The maximum absolute atomic E-state index is 13.0. The maximum atomic E-state index is 13.0. The van der Waals surface area contributed by atoms with E-state index in [1.807, 2.05) is 12.1 Å². The summed E-state index contributed by atoms with van der Waals surface area (Å²) in [6.07, 6.45) is 3.61. The second-order valence-corrected chi connectivity index (χ2v) is 7.38. The van der Waals surface area contributed by atoms with Crippen LogP contribution in [0.3, 0.4) is 0 Å². The first-order valence-corrected chi connectivity index (χ1v) is 9.35. The normalized spacial score (nSPS) is 33.2. The van der Waals surface area contributed by atoms with Crippen LogP contribution in [0.25, 0.3) is 0 Å². The molecule has 6 heteroatoms. The zero-order chi connectivity index (χ0) is 17.8. The van der Waals surface area contributed by atoms with Gasteiger partial charge in [0.25, 0.3) is 0 Å². The first kappa shape index (κ1) is 18.9. The number of methoxy groups -OCH3 is 1. The van der Waals surface area contributed by atoms with Crippen molar-refractivity contribution in [1.29, 1.82) is 0 Å². The van der Waals surface area contributed by atoms with E-state index in [1.165, 1.54) is 0 Å². The Hall–Kier alpha value is -0.880. The van der Waals surface area contributed by atoms with Crippen molar-refractivity contribution in [2.75, 3.05) is 13.8 Å². The fraction of sp³-hybridized carbons (Fsp3) is 0.684. The SMILES string of the molecule is COC1CCC(Oc2cc(C3CC(O)CC(CF)O3)ccc2Cl)CC1. The predicted molar refractivity (Wildman–Crippen MR) is 94.0 cm³/mol. The molecule has 1 heterocycles. The number of aliphatic hydroxyl groups is 1. The van der Waals surface area contributed by atoms with E-state index in [0.29, 0.717) is 29.7 Å². The average molecular weight is 373 g/mol. The van der Waals surface area contributed by atoms with E-state index in [0.717, 1.165) is 31.2 Å². The Morgan fingerprint density at radius 3 is 2.60 bits per heavy atom. The predicted octanol–water partition coefficient (Wildman–Crippen LogP) is 4.23. The third-order valence-electron chi connectivity index (χ3n) is 5.13. The van der Waals surface area contributed by atoms with Crippen LogP contribution in [0.4, 0.5) is 4.39 Å². The lowest BCUT2D eigenvalue weighted by atomic mass is 9.94. The smallest absolute Gasteiger partial charge is 0.138 e. The molecule has 3 unspecified atom stereocenters. The highest BCUT2D eigenvalue weighted by Gasteiger charge is 2.30. The molecule has 0 spiro atoms. The molecular formula is C19H26ClFO4. The van der Waals surface area contributed by atoms with Gasteiger partial charge in [0.15, 0.2) is 0 Å². The topological polar surface area (TPSA) is 47.9 Å². The zero-order valence-electron chi connectivity index (χ0n) is 14.5. The number of alkyl halides is 1. The van der Waals surface area contributed by atoms with Gasteiger partial charge in [-0.1, -0.05) is 17.7 Å². The summed E-state index contributed by atoms with van der Waals surface area (Å²) in [5.74, 6) is 0.625. The fourth-order valence-electron chi connectivity index (χ4n) is 3.68. The summed E-state index contributed by atoms with van der Waals surface area (Å²) in [5.41, 5.74) is 0.863. The number of hydrogen-bond donors (Lipinski definition) is 1. The molecular weight excluding hydrogens is 347 g/mol. The summed E-state index contributed by atoms with van der Waals surface area (Å²) in [6.45, 7) is -0.590. The molecule has 1 aromatic carbocycles. The molecule has 3 rings (SSSR count). The van der Waals surface area contributed by atoms with Gasteiger partial charge in [-0.2, -0.15) is 0 Å². The fourth-order valence-corrected chi connectivity index (χ4v) is 3.84. The van der Waals surface area contributed by atoms with Gasteiger partial charge in [0.2, 0.25) is 0 Å². The Labute approximate surface area is 153 Å². The second kappa shape index (κ2) is 8.67. The number of halogens is 2. The van der Waals surface area contributed by atoms with Crippen LogP contribution in [-0.4, -0.2) is 43.3 Å². The van der Waals surface area contributed by atoms with Crippen molar-refractivity contribution in [3.05, 3.63) is 28.8 Å². The third-order valence-corrected chi connectivity index (χ3v) is 5.44. The molecule has 2 aliphatic rings. The Morgan fingerprint density at radius 2 is 1.92 bits per heavy atom. The minimum Gasteiger partial charge on any atom is -0.489 e. The van der Waals surface area contributed by atoms with Gasteiger partial charge in [-0.05, 0) is 43.4 Å². The van der Waals surface area contributed by atoms with E-state index >= 15 is 0 Å². The molecule has 2 fully saturated rings. The van der Waals surface area contributed by atoms with Crippen LogP contribution in [0.2, 0.25) is 5.02 Å². The van der Waals surface area contributed by atoms with E-state index in [9.17, 15) is 9.50 Å². The van der Waals surface area contributed by atoms with Crippen LogP contribution >= 0.6 is 11.6 Å². The molecule has 25 heavy (non-hydrogen) atoms. The Kier molecular flexibility index (Phi) is 6.55. The van der Waals surface area contributed by atoms with Gasteiger partial charge < -0.3 is 19.3 Å². The average Bonchev–Trinajstić information content (AvgIpc) is 2.63. The van der Waals surface area contributed by atoms with Gasteiger partial charge in [-0.25, -0.2) is 4.39 Å². The summed E-state index contributed by atoms with van der Waals surface area (Å²) in [7, 11) is 1.75. The van der Waals surface area contributed by atoms with E-state index in [-0.39, 0.29) is 12.2 Å². The highest BCUT2D eigenvalue weighted by molar-refractivity contribution is 6.32. The van der Waals surface area contributed by atoms with Crippen LogP contribution in [0.1, 0.15) is 50.2 Å². The first-order valence-electron chi connectivity index (χ1n) is 8.97. The van der Waals surface area contributed by atoms with Gasteiger partial charge in [0.05, 0.1) is 35.5 Å². The molecule has 1 aromatic rings. The summed E-state index contributed by atoms with van der Waals surface area (Å²) < 4.78 is 30.2. The van der Waals surface area contributed by atoms with Gasteiger partial charge in [0, 0.05) is 20.0 Å². The van der Waals surface area contributed by atoms with E-state index in [1.54, 1.807) is 13.2 Å². The Morgan fingerprint density at radius 1 is 1.20 bits per heavy atom. The van der Waals surface area contributed by atoms with Crippen molar-refractivity contribution in [3.8, 4) is 5.75 Å². The molecule has 1 saturated carbocycles. The summed E-state index contributed by atoms with van der Waals surface area (Å²) in [6, 6.07) is 5.50. The van der Waals surface area contributed by atoms with Crippen LogP contribution in [0, 0.1) is 0 Å². The third kappa shape index (κ3) is 4.85. The Balaban J connectivity index is 1.68. The summed E-state index contributed by atoms with van der Waals surface area (Å²) in [4.78, 5) is 0. The molecule has 0 radical (unpaired) electrons. The molecule has 4 nitrogen and oxygen atoms in total. The molecule has 1 N–H and O–H groups in total. The van der Waals surface area contributed by atoms with Crippen LogP contribution in [-0.2, 0) is 9.47 Å². The van der Waals surface area contributed by atoms with Crippen molar-refractivity contribution in [3.63, 3.8) is 0 Å². The molecule has 140 valence electrons. The van der Waals surface area contributed by atoms with E-state index in [2.05, 4.69) is 0 Å². The lowest BCUT2D eigenvalue weighted by Gasteiger charge is -2.32. The Bertz CT molecular complexity index is 562. The highest BCUT2D eigenvalue weighted by Crippen LogP contribution is 2.37. The van der Waals surface area contributed by atoms with Crippen molar-refractivity contribution >= 4 is 11.6 Å². The van der Waals surface area contributed by atoms with E-state index < -0.39 is 18.9 Å². The zero-order valence-corrected chi connectivity index (χ0v) is 15.3. The number of rotatable bonds is 5. The monoisotopic (exact) mass is 372 g/mol. The van der Waals surface area contributed by atoms with Crippen molar-refractivity contribution in [2.45, 2.75) is 69.0 Å². The van der Waals surface area contributed by atoms with Gasteiger partial charge in [-0.3, -0.25) is 0 Å². The van der Waals surface area contributed by atoms with Crippen LogP contribution in [0.15, 0.2) is 18.2 Å². The number of benzene rings is 1. The first-order chi connectivity index (χ1) is 12.1. The molecule has 0 bridgehead atoms. The quantitative estimate of drug-likeness (QED) is 0.840. The van der Waals surface area contributed by atoms with E-state index in [4.69, 9.17) is 25.8 Å². The van der Waals surface area contributed by atoms with Crippen LogP contribution < -0.4 is 4.74 Å². The lowest BCUT2D eigenvalue weighted by Crippen LogP contribution is -2.32. The second-order valence-electron chi connectivity index (χ2n) is 6.97. The van der Waals surface area contributed by atoms with Crippen molar-refractivity contribution < 1.29 is 23.7 Å². The van der Waals surface area contributed by atoms with Crippen molar-refractivity contribution in [1.82, 2.24) is 0 Å². The molecule has 1 saturated heterocycles. The standard InChI is InChI=1S/C19H26ClFO4/c1-23-14-3-5-15(6-4-14)24-19-8-12(2-7-17(19)20)18-10-13(22)9-16(11-21)25-18/h2,7-8,13-16,18,22H,3-6,9-11H2,1H3. The maximum Gasteiger partial charge on any atom is 0.138 e. The van der Waals surface area contributed by atoms with Gasteiger partial charge >= 0.3 is 0 Å². The van der Waals surface area contributed by atoms with Crippen molar-refractivity contribution in [2.24, 2.45) is 0 Å². The molecule has 1 aliphatic heterocycles. The largest absolute Gasteiger partial charge is 0.489 e. The van der Waals surface area contributed by atoms with Gasteiger partial charge in [0.1, 0.15) is 12.4 Å². The molecule has 1 aliphatic carbocycles. The molecule has 3 atom stereocenters. The molecule has 0 aromatic heterocycles. The lowest BCUT2D eigenvalue weighted by molar-refractivity contribution is -0.104. The summed E-state index contributed by atoms with van der Waals surface area (Å²) in [5, 5.41) is 10.5. The number of ether oxygens (including phenoxy) is 3. The van der Waals surface area contributed by atoms with Crippen LogP contribution in [0.5, 0.6) is 5.75 Å². The minimum absolute atomic E-state index is 0.121. The highest BCUT2D eigenvalue weighted by atomic mass is 35.5. The van der Waals surface area contributed by atoms with Gasteiger partial charge in [-0.15, -0.1) is 0 Å². The number of hydrogen-bond acceptors (Lipinski definition) is 4. The number of aliphatic hydroxyl groups excluding tert-OH is 1. The minimum atomic E-state index is -0.590.